The van der Waals surface area contributed by atoms with Crippen LogP contribution >= 0.6 is 0 Å². The van der Waals surface area contributed by atoms with Gasteiger partial charge in [-0.25, -0.2) is 4.79 Å². The first-order valence-corrected chi connectivity index (χ1v) is 7.62. The Labute approximate surface area is 130 Å². The van der Waals surface area contributed by atoms with Crippen molar-refractivity contribution in [3.63, 3.8) is 0 Å². The third-order valence-electron chi connectivity index (χ3n) is 4.47. The molecule has 0 spiro atoms. The first-order chi connectivity index (χ1) is 10.5. The number of rotatable bonds is 5. The molecule has 0 aliphatic heterocycles. The number of carbonyl (C=O) groups is 2. The predicted molar refractivity (Wildman–Crippen MR) is 82.9 cm³/mol. The van der Waals surface area contributed by atoms with Crippen molar-refractivity contribution < 1.29 is 19.4 Å². The first-order valence-electron chi connectivity index (χ1n) is 7.62. The summed E-state index contributed by atoms with van der Waals surface area (Å²) < 4.78 is 5.35. The van der Waals surface area contributed by atoms with Gasteiger partial charge in [0, 0.05) is 20.2 Å². The van der Waals surface area contributed by atoms with Crippen molar-refractivity contribution in [2.75, 3.05) is 14.2 Å². The lowest BCUT2D eigenvalue weighted by atomic mass is 9.92. The van der Waals surface area contributed by atoms with Crippen LogP contribution in [-0.2, 0) is 16.0 Å². The van der Waals surface area contributed by atoms with Gasteiger partial charge in [-0.2, -0.15) is 0 Å². The molecule has 1 aromatic rings. The number of ether oxygens (including phenoxy) is 1. The Bertz CT molecular complexity index is 518. The summed E-state index contributed by atoms with van der Waals surface area (Å²) in [6, 6.07) is 6.76. The van der Waals surface area contributed by atoms with Gasteiger partial charge in [-0.15, -0.1) is 0 Å². The fourth-order valence-electron chi connectivity index (χ4n) is 2.94. The number of hydrogen-bond donors (Lipinski definition) is 1. The highest BCUT2D eigenvalue weighted by molar-refractivity contribution is 5.87. The number of nitrogens with zero attached hydrogens (tertiary/aromatic N) is 1. The molecule has 0 atom stereocenters. The van der Waals surface area contributed by atoms with Crippen LogP contribution in [0.5, 0.6) is 0 Å². The van der Waals surface area contributed by atoms with Crippen molar-refractivity contribution in [3.8, 4) is 0 Å². The molecule has 2 rings (SSSR count). The second kappa shape index (κ2) is 7.40. The maximum Gasteiger partial charge on any atom is 0.335 e. The minimum absolute atomic E-state index is 0.0731. The van der Waals surface area contributed by atoms with E-state index < -0.39 is 5.97 Å². The smallest absolute Gasteiger partial charge is 0.335 e. The Balaban J connectivity index is 1.90. The maximum atomic E-state index is 12.4. The minimum Gasteiger partial charge on any atom is -0.478 e. The molecule has 0 aromatic heterocycles. The lowest BCUT2D eigenvalue weighted by Gasteiger charge is -2.34. The molecule has 1 fully saturated rings. The van der Waals surface area contributed by atoms with Gasteiger partial charge in [-0.05, 0) is 43.4 Å². The highest BCUT2D eigenvalue weighted by Crippen LogP contribution is 2.24. The van der Waals surface area contributed by atoms with E-state index in [-0.39, 0.29) is 17.5 Å². The van der Waals surface area contributed by atoms with Gasteiger partial charge >= 0.3 is 5.97 Å². The number of aromatic carboxylic acids is 1. The van der Waals surface area contributed by atoms with Crippen LogP contribution in [0.1, 0.15) is 41.6 Å². The van der Waals surface area contributed by atoms with Gasteiger partial charge in [0.05, 0.1) is 18.1 Å². The molecule has 5 nitrogen and oxygen atoms in total. The van der Waals surface area contributed by atoms with E-state index in [0.717, 1.165) is 31.2 Å². The van der Waals surface area contributed by atoms with Crippen LogP contribution in [0.25, 0.3) is 0 Å². The number of amides is 1. The number of carboxylic acids is 1. The summed E-state index contributed by atoms with van der Waals surface area (Å²) in [5.74, 6) is -0.881. The Morgan fingerprint density at radius 3 is 2.27 bits per heavy atom. The molecule has 1 saturated carbocycles. The van der Waals surface area contributed by atoms with Gasteiger partial charge in [0.2, 0.25) is 5.91 Å². The van der Waals surface area contributed by atoms with Crippen molar-refractivity contribution in [1.82, 2.24) is 4.90 Å². The van der Waals surface area contributed by atoms with E-state index in [2.05, 4.69) is 0 Å². The zero-order chi connectivity index (χ0) is 16.1. The second-order valence-corrected chi connectivity index (χ2v) is 5.85. The normalized spacial score (nSPS) is 21.4. The minimum atomic E-state index is -0.954. The number of benzene rings is 1. The molecule has 1 aliphatic rings. The Morgan fingerprint density at radius 1 is 1.18 bits per heavy atom. The molecule has 0 radical (unpaired) electrons. The van der Waals surface area contributed by atoms with Crippen LogP contribution in [0.2, 0.25) is 0 Å². The molecule has 5 heteroatoms. The fraction of sp³-hybridized carbons (Fsp3) is 0.529. The van der Waals surface area contributed by atoms with E-state index in [0.29, 0.717) is 12.5 Å². The molecule has 0 saturated heterocycles. The van der Waals surface area contributed by atoms with Crippen molar-refractivity contribution in [1.29, 1.82) is 0 Å². The van der Waals surface area contributed by atoms with Crippen molar-refractivity contribution >= 4 is 11.9 Å². The topological polar surface area (TPSA) is 66.8 Å². The number of carboxylic acid groups (broad SMARTS) is 1. The number of methoxy groups -OCH3 is 1. The summed E-state index contributed by atoms with van der Waals surface area (Å²) in [4.78, 5) is 25.0. The monoisotopic (exact) mass is 305 g/mol. The van der Waals surface area contributed by atoms with Crippen LogP contribution in [-0.4, -0.2) is 48.2 Å². The summed E-state index contributed by atoms with van der Waals surface area (Å²) in [6.45, 7) is 0. The molecular formula is C17H23NO4. The highest BCUT2D eigenvalue weighted by atomic mass is 16.5. The van der Waals surface area contributed by atoms with E-state index in [4.69, 9.17) is 9.84 Å². The second-order valence-electron chi connectivity index (χ2n) is 5.85. The van der Waals surface area contributed by atoms with Gasteiger partial charge in [-0.1, -0.05) is 12.1 Å². The summed E-state index contributed by atoms with van der Waals surface area (Å²) >= 11 is 0. The SMILES string of the molecule is COC1CCC(N(C)C(=O)Cc2ccc(C(=O)O)cc2)CC1. The highest BCUT2D eigenvalue weighted by Gasteiger charge is 2.26. The van der Waals surface area contributed by atoms with E-state index >= 15 is 0 Å². The zero-order valence-corrected chi connectivity index (χ0v) is 13.1. The molecule has 1 aliphatic carbocycles. The average molecular weight is 305 g/mol. The molecule has 0 unspecified atom stereocenters. The molecular weight excluding hydrogens is 282 g/mol. The van der Waals surface area contributed by atoms with Gasteiger partial charge in [0.15, 0.2) is 0 Å². The third-order valence-corrected chi connectivity index (χ3v) is 4.47. The van der Waals surface area contributed by atoms with Crippen LogP contribution < -0.4 is 0 Å². The van der Waals surface area contributed by atoms with E-state index in [1.807, 2.05) is 11.9 Å². The molecule has 0 bridgehead atoms. The zero-order valence-electron chi connectivity index (χ0n) is 13.1. The van der Waals surface area contributed by atoms with Crippen molar-refractivity contribution in [2.24, 2.45) is 0 Å². The first kappa shape index (κ1) is 16.5. The third kappa shape index (κ3) is 4.07. The Morgan fingerprint density at radius 2 is 1.77 bits per heavy atom. The van der Waals surface area contributed by atoms with Crippen molar-refractivity contribution in [2.45, 2.75) is 44.2 Å². The summed E-state index contributed by atoms with van der Waals surface area (Å²) in [5.41, 5.74) is 1.08. The van der Waals surface area contributed by atoms with Gasteiger partial charge in [0.25, 0.3) is 0 Å². The molecule has 1 aromatic carbocycles. The Hall–Kier alpha value is -1.88. The molecule has 1 N–H and O–H groups in total. The van der Waals surface area contributed by atoms with E-state index in [1.54, 1.807) is 19.2 Å². The Kier molecular flexibility index (Phi) is 5.55. The largest absolute Gasteiger partial charge is 0.478 e. The van der Waals surface area contributed by atoms with Crippen LogP contribution in [0.15, 0.2) is 24.3 Å². The maximum absolute atomic E-state index is 12.4. The lowest BCUT2D eigenvalue weighted by Crippen LogP contribution is -2.41. The van der Waals surface area contributed by atoms with Crippen LogP contribution in [0.3, 0.4) is 0 Å². The van der Waals surface area contributed by atoms with E-state index in [9.17, 15) is 9.59 Å². The summed E-state index contributed by atoms with van der Waals surface area (Å²) in [5, 5.41) is 8.87. The lowest BCUT2D eigenvalue weighted by molar-refractivity contribution is -0.132. The van der Waals surface area contributed by atoms with Crippen LogP contribution in [0.4, 0.5) is 0 Å². The number of carbonyl (C=O) groups excluding carboxylic acids is 1. The van der Waals surface area contributed by atoms with Gasteiger partial charge < -0.3 is 14.7 Å². The number of likely N-dealkylation sites (N-methyl/N-ethyl adjacent to an activating group) is 1. The molecule has 120 valence electrons. The fourth-order valence-corrected chi connectivity index (χ4v) is 2.94. The molecule has 0 heterocycles. The predicted octanol–water partition coefficient (Wildman–Crippen LogP) is 2.34. The standard InChI is InChI=1S/C17H23NO4/c1-18(14-7-9-15(22-2)10-8-14)16(19)11-12-3-5-13(6-4-12)17(20)21/h3-6,14-15H,7-11H2,1-2H3,(H,20,21). The summed E-state index contributed by atoms with van der Waals surface area (Å²) in [7, 11) is 3.59. The van der Waals surface area contributed by atoms with Gasteiger partial charge in [0.1, 0.15) is 0 Å². The van der Waals surface area contributed by atoms with Crippen LogP contribution in [0, 0.1) is 0 Å². The van der Waals surface area contributed by atoms with Crippen molar-refractivity contribution in [3.05, 3.63) is 35.4 Å². The van der Waals surface area contributed by atoms with E-state index in [1.165, 1.54) is 12.1 Å². The summed E-state index contributed by atoms with van der Waals surface area (Å²) in [6.07, 6.45) is 4.55. The van der Waals surface area contributed by atoms with Gasteiger partial charge in [-0.3, -0.25) is 4.79 Å². The quantitative estimate of drug-likeness (QED) is 0.906. The average Bonchev–Trinajstić information content (AvgIpc) is 2.54. The molecule has 1 amide bonds. The molecule has 22 heavy (non-hydrogen) atoms. The number of hydrogen-bond acceptors (Lipinski definition) is 3.